The summed E-state index contributed by atoms with van der Waals surface area (Å²) in [6, 6.07) is 1.69. The number of ether oxygens (including phenoxy) is 3. The topological polar surface area (TPSA) is 95.3 Å². The van der Waals surface area contributed by atoms with Crippen LogP contribution < -0.4 is 0 Å². The van der Waals surface area contributed by atoms with E-state index in [0.717, 1.165) is 19.3 Å². The average Bonchev–Trinajstić information content (AvgIpc) is 3.25. The molecular formula is C24H32O7. The van der Waals surface area contributed by atoms with Crippen LogP contribution in [0.4, 0.5) is 0 Å². The number of epoxide rings is 1. The summed E-state index contributed by atoms with van der Waals surface area (Å²) >= 11 is 0. The van der Waals surface area contributed by atoms with Crippen molar-refractivity contribution in [3.05, 3.63) is 24.2 Å². The Morgan fingerprint density at radius 3 is 2.55 bits per heavy atom. The molecule has 7 heteroatoms. The quantitative estimate of drug-likeness (QED) is 0.381. The molecule has 1 aliphatic heterocycles. The molecule has 6 atom stereocenters. The second-order valence-corrected chi connectivity index (χ2v) is 9.90. The second kappa shape index (κ2) is 7.76. The minimum Gasteiger partial charge on any atom is -0.472 e. The number of esters is 2. The Labute approximate surface area is 182 Å². The lowest BCUT2D eigenvalue weighted by molar-refractivity contribution is -0.227. The Bertz CT molecular complexity index is 855. The first-order valence-corrected chi connectivity index (χ1v) is 11.1. The molecule has 2 saturated carbocycles. The number of furan rings is 1. The zero-order valence-corrected chi connectivity index (χ0v) is 18.8. The molecule has 0 radical (unpaired) electrons. The van der Waals surface area contributed by atoms with Crippen molar-refractivity contribution in [2.24, 2.45) is 22.7 Å². The monoisotopic (exact) mass is 432 g/mol. The molecule has 0 bridgehead atoms. The molecule has 7 nitrogen and oxygen atoms in total. The molecular weight excluding hydrogens is 400 g/mol. The predicted molar refractivity (Wildman–Crippen MR) is 110 cm³/mol. The molecule has 1 spiro atoms. The zero-order valence-electron chi connectivity index (χ0n) is 18.8. The molecule has 3 fully saturated rings. The lowest BCUT2D eigenvalue weighted by Crippen LogP contribution is -2.67. The van der Waals surface area contributed by atoms with E-state index in [0.29, 0.717) is 25.0 Å². The third kappa shape index (κ3) is 3.51. The van der Waals surface area contributed by atoms with Crippen LogP contribution in [-0.4, -0.2) is 42.6 Å². The number of rotatable bonds is 6. The Morgan fingerprint density at radius 2 is 1.97 bits per heavy atom. The van der Waals surface area contributed by atoms with E-state index in [1.807, 2.05) is 0 Å². The van der Waals surface area contributed by atoms with Gasteiger partial charge in [-0.25, -0.2) is 0 Å². The molecule has 1 aromatic heterocycles. The van der Waals surface area contributed by atoms with Crippen LogP contribution in [0.5, 0.6) is 0 Å². The van der Waals surface area contributed by atoms with Gasteiger partial charge in [-0.2, -0.15) is 0 Å². The van der Waals surface area contributed by atoms with Gasteiger partial charge in [-0.1, -0.05) is 20.3 Å². The lowest BCUT2D eigenvalue weighted by Gasteiger charge is -2.62. The minimum absolute atomic E-state index is 0.000416. The van der Waals surface area contributed by atoms with E-state index in [1.54, 1.807) is 6.07 Å². The van der Waals surface area contributed by atoms with Gasteiger partial charge in [0.05, 0.1) is 23.8 Å². The van der Waals surface area contributed by atoms with Crippen molar-refractivity contribution in [3.63, 3.8) is 0 Å². The summed E-state index contributed by atoms with van der Waals surface area (Å²) in [5.41, 5.74) is -0.953. The molecule has 2 heterocycles. The van der Waals surface area contributed by atoms with Gasteiger partial charge in [0.1, 0.15) is 24.6 Å². The molecule has 1 aromatic rings. The number of ketones is 1. The van der Waals surface area contributed by atoms with Crippen molar-refractivity contribution in [2.75, 3.05) is 13.2 Å². The average molecular weight is 433 g/mol. The number of carbonyl (C=O) groups is 3. The molecule has 1 saturated heterocycles. The van der Waals surface area contributed by atoms with Gasteiger partial charge in [0, 0.05) is 20.3 Å². The summed E-state index contributed by atoms with van der Waals surface area (Å²) in [7, 11) is 0. The number of carbonyl (C=O) groups excluding carboxylic acids is 3. The van der Waals surface area contributed by atoms with E-state index in [9.17, 15) is 14.4 Å². The van der Waals surface area contributed by atoms with Crippen molar-refractivity contribution < 1.29 is 33.0 Å². The fourth-order valence-corrected chi connectivity index (χ4v) is 6.55. The predicted octanol–water partition coefficient (Wildman–Crippen LogP) is 3.95. The van der Waals surface area contributed by atoms with E-state index in [1.165, 1.54) is 26.4 Å². The summed E-state index contributed by atoms with van der Waals surface area (Å²) < 4.78 is 22.7. The number of Topliss-reactive ketones (excluding diaryl/α,β-unsaturated/α-hetero) is 1. The first kappa shape index (κ1) is 22.1. The van der Waals surface area contributed by atoms with Crippen LogP contribution >= 0.6 is 0 Å². The fraction of sp³-hybridized carbons (Fsp3) is 0.708. The lowest BCUT2D eigenvalue weighted by atomic mass is 9.43. The van der Waals surface area contributed by atoms with E-state index < -0.39 is 17.1 Å². The van der Waals surface area contributed by atoms with Crippen LogP contribution in [-0.2, 0) is 23.8 Å². The highest BCUT2D eigenvalue weighted by molar-refractivity contribution is 5.96. The summed E-state index contributed by atoms with van der Waals surface area (Å²) in [5, 5.41) is 0. The number of fused-ring (bicyclic) bond motifs is 2. The fourth-order valence-electron chi connectivity index (χ4n) is 6.55. The summed E-state index contributed by atoms with van der Waals surface area (Å²) in [6.45, 7) is 7.79. The molecule has 0 amide bonds. The Hall–Kier alpha value is -2.15. The van der Waals surface area contributed by atoms with Crippen LogP contribution in [0.1, 0.15) is 70.2 Å². The number of hydrogen-bond donors (Lipinski definition) is 0. The van der Waals surface area contributed by atoms with Crippen molar-refractivity contribution in [1.29, 1.82) is 0 Å². The highest BCUT2D eigenvalue weighted by atomic mass is 16.6. The Kier molecular flexibility index (Phi) is 5.53. The van der Waals surface area contributed by atoms with Gasteiger partial charge in [-0.3, -0.25) is 14.4 Å². The summed E-state index contributed by atoms with van der Waals surface area (Å²) in [6.07, 6.45) is 6.17. The summed E-state index contributed by atoms with van der Waals surface area (Å²) in [4.78, 5) is 37.0. The SMILES string of the molecule is CC(=O)OC[C@@]12[C@@H](OC(C)=O)C[C@@H](C)[C@](C)(CC(=O)c3ccoc3)[C@@H]1CCC[C@]21CO1. The third-order valence-electron chi connectivity index (χ3n) is 8.31. The van der Waals surface area contributed by atoms with Crippen molar-refractivity contribution in [1.82, 2.24) is 0 Å². The maximum atomic E-state index is 13.1. The Balaban J connectivity index is 1.78. The van der Waals surface area contributed by atoms with E-state index in [2.05, 4.69) is 13.8 Å². The maximum Gasteiger partial charge on any atom is 0.302 e. The van der Waals surface area contributed by atoms with Crippen LogP contribution in [0, 0.1) is 22.7 Å². The van der Waals surface area contributed by atoms with Crippen LogP contribution in [0.15, 0.2) is 23.0 Å². The van der Waals surface area contributed by atoms with Gasteiger partial charge < -0.3 is 18.6 Å². The van der Waals surface area contributed by atoms with Crippen LogP contribution in [0.3, 0.4) is 0 Å². The van der Waals surface area contributed by atoms with Gasteiger partial charge in [0.15, 0.2) is 5.78 Å². The third-order valence-corrected chi connectivity index (χ3v) is 8.31. The van der Waals surface area contributed by atoms with Gasteiger partial charge in [-0.15, -0.1) is 0 Å². The molecule has 4 rings (SSSR count). The minimum atomic E-state index is -0.666. The van der Waals surface area contributed by atoms with Crippen molar-refractivity contribution in [2.45, 2.75) is 71.5 Å². The molecule has 2 aliphatic carbocycles. The van der Waals surface area contributed by atoms with Gasteiger partial charge in [-0.05, 0) is 42.6 Å². The number of hydrogen-bond acceptors (Lipinski definition) is 7. The van der Waals surface area contributed by atoms with Gasteiger partial charge in [0.25, 0.3) is 0 Å². The zero-order chi connectivity index (χ0) is 22.4. The maximum absolute atomic E-state index is 13.1. The van der Waals surface area contributed by atoms with Crippen LogP contribution in [0.25, 0.3) is 0 Å². The smallest absolute Gasteiger partial charge is 0.302 e. The highest BCUT2D eigenvalue weighted by Gasteiger charge is 2.75. The van der Waals surface area contributed by atoms with Crippen molar-refractivity contribution in [3.8, 4) is 0 Å². The first-order chi connectivity index (χ1) is 14.6. The van der Waals surface area contributed by atoms with E-state index in [4.69, 9.17) is 18.6 Å². The standard InChI is InChI=1S/C24H32O7/c1-15-10-21(31-17(3)26)24(14-29-16(2)25)20(6-5-8-23(24)13-30-23)22(15,4)11-19(27)18-7-9-28-12-18/h7,9,12,15,20-21H,5-6,8,10-11,13-14H2,1-4H3/t15-,20+,21+,22+,23+,24+/m1/s1. The molecule has 0 unspecified atom stereocenters. The molecule has 170 valence electrons. The molecule has 0 N–H and O–H groups in total. The summed E-state index contributed by atoms with van der Waals surface area (Å²) in [5.74, 6) is -0.563. The molecule has 31 heavy (non-hydrogen) atoms. The normalized spacial score (nSPS) is 38.9. The van der Waals surface area contributed by atoms with Gasteiger partial charge >= 0.3 is 11.9 Å². The van der Waals surface area contributed by atoms with E-state index in [-0.39, 0.29) is 41.6 Å². The highest BCUT2D eigenvalue weighted by Crippen LogP contribution is 2.69. The van der Waals surface area contributed by atoms with Crippen molar-refractivity contribution >= 4 is 17.7 Å². The second-order valence-electron chi connectivity index (χ2n) is 9.90. The Morgan fingerprint density at radius 1 is 1.23 bits per heavy atom. The molecule has 3 aliphatic rings. The van der Waals surface area contributed by atoms with E-state index >= 15 is 0 Å². The largest absolute Gasteiger partial charge is 0.472 e. The first-order valence-electron chi connectivity index (χ1n) is 11.1. The van der Waals surface area contributed by atoms with Gasteiger partial charge in [0.2, 0.25) is 0 Å². The molecule has 0 aromatic carbocycles. The van der Waals surface area contributed by atoms with Crippen LogP contribution in [0.2, 0.25) is 0 Å².